The fourth-order valence-electron chi connectivity index (χ4n) is 1.45. The van der Waals surface area contributed by atoms with Crippen LogP contribution in [0.4, 0.5) is 0 Å². The molecule has 0 radical (unpaired) electrons. The maximum absolute atomic E-state index is 11.5. The van der Waals surface area contributed by atoms with Gasteiger partial charge in [-0.1, -0.05) is 5.16 Å². The summed E-state index contributed by atoms with van der Waals surface area (Å²) in [6.45, 7) is 0.471. The van der Waals surface area contributed by atoms with E-state index in [0.29, 0.717) is 19.4 Å². The van der Waals surface area contributed by atoms with Crippen molar-refractivity contribution in [1.29, 1.82) is 0 Å². The van der Waals surface area contributed by atoms with E-state index >= 15 is 0 Å². The van der Waals surface area contributed by atoms with Gasteiger partial charge in [-0.05, 0) is 6.42 Å². The van der Waals surface area contributed by atoms with Crippen molar-refractivity contribution in [2.24, 2.45) is 0 Å². The van der Waals surface area contributed by atoms with E-state index in [1.54, 1.807) is 0 Å². The lowest BCUT2D eigenvalue weighted by atomic mass is 10.1. The zero-order valence-electron chi connectivity index (χ0n) is 8.03. The molecule has 1 aliphatic heterocycles. The second kappa shape index (κ2) is 4.12. The molecule has 0 aromatic carbocycles. The molecule has 15 heavy (non-hydrogen) atoms. The summed E-state index contributed by atoms with van der Waals surface area (Å²) in [6, 6.07) is 1.47. The maximum atomic E-state index is 11.5. The normalized spacial score (nSPS) is 20.8. The Bertz CT molecular complexity index is 351. The third-order valence-corrected chi connectivity index (χ3v) is 2.26. The first-order valence-electron chi connectivity index (χ1n) is 4.74. The van der Waals surface area contributed by atoms with Crippen molar-refractivity contribution in [1.82, 2.24) is 15.8 Å². The predicted octanol–water partition coefficient (Wildman–Crippen LogP) is -0.317. The molecule has 0 spiro atoms. The van der Waals surface area contributed by atoms with E-state index in [4.69, 9.17) is 4.52 Å². The smallest absolute Gasteiger partial charge is 0.290 e. The van der Waals surface area contributed by atoms with Crippen molar-refractivity contribution in [2.75, 3.05) is 6.54 Å². The summed E-state index contributed by atoms with van der Waals surface area (Å²) in [5.41, 5.74) is 0. The highest BCUT2D eigenvalue weighted by atomic mass is 16.5. The molecule has 2 N–H and O–H groups in total. The number of nitrogens with zero attached hydrogens (tertiary/aromatic N) is 1. The molecule has 1 aromatic rings. The van der Waals surface area contributed by atoms with Crippen LogP contribution in [0.3, 0.4) is 0 Å². The van der Waals surface area contributed by atoms with Crippen molar-refractivity contribution in [3.8, 4) is 0 Å². The molecular weight excluding hydrogens is 198 g/mol. The molecule has 2 amide bonds. The molecular formula is C9H11N3O3. The minimum atomic E-state index is -0.298. The number of carbonyl (C=O) groups excluding carboxylic acids is 2. The molecule has 1 saturated heterocycles. The van der Waals surface area contributed by atoms with Crippen molar-refractivity contribution >= 4 is 11.8 Å². The van der Waals surface area contributed by atoms with Gasteiger partial charge in [-0.3, -0.25) is 9.59 Å². The molecule has 1 aliphatic rings. The molecule has 1 unspecified atom stereocenters. The van der Waals surface area contributed by atoms with Gasteiger partial charge in [0, 0.05) is 25.1 Å². The van der Waals surface area contributed by atoms with Crippen LogP contribution in [0.15, 0.2) is 16.8 Å². The number of nitrogens with one attached hydrogen (secondary N) is 2. The monoisotopic (exact) mass is 209 g/mol. The van der Waals surface area contributed by atoms with Gasteiger partial charge in [-0.15, -0.1) is 0 Å². The Kier molecular flexibility index (Phi) is 2.66. The van der Waals surface area contributed by atoms with E-state index in [1.807, 2.05) is 0 Å². The first-order chi connectivity index (χ1) is 7.25. The van der Waals surface area contributed by atoms with Gasteiger partial charge in [0.25, 0.3) is 5.91 Å². The van der Waals surface area contributed by atoms with Crippen LogP contribution in [-0.2, 0) is 4.79 Å². The van der Waals surface area contributed by atoms with Crippen LogP contribution in [0.2, 0.25) is 0 Å². The fraction of sp³-hybridized carbons (Fsp3) is 0.444. The zero-order valence-corrected chi connectivity index (χ0v) is 8.03. The van der Waals surface area contributed by atoms with Gasteiger partial charge in [0.05, 0.1) is 6.20 Å². The van der Waals surface area contributed by atoms with E-state index in [9.17, 15) is 9.59 Å². The highest BCUT2D eigenvalue weighted by Gasteiger charge is 2.21. The Hall–Kier alpha value is -1.85. The largest absolute Gasteiger partial charge is 0.354 e. The molecule has 1 atom stereocenters. The standard InChI is InChI=1S/C9H11N3O3/c13-8-2-1-6(5-10-8)12-9(14)7-3-4-11-15-7/h3-4,6H,1-2,5H2,(H,10,13)(H,12,14). The topological polar surface area (TPSA) is 84.2 Å². The van der Waals surface area contributed by atoms with E-state index in [-0.39, 0.29) is 23.6 Å². The van der Waals surface area contributed by atoms with Crippen LogP contribution in [0.25, 0.3) is 0 Å². The number of carbonyl (C=O) groups is 2. The number of aromatic nitrogens is 1. The van der Waals surface area contributed by atoms with E-state index in [1.165, 1.54) is 12.3 Å². The average Bonchev–Trinajstić information content (AvgIpc) is 2.74. The minimum absolute atomic E-state index is 0.0275. The maximum Gasteiger partial charge on any atom is 0.290 e. The second-order valence-corrected chi connectivity index (χ2v) is 3.39. The summed E-state index contributed by atoms with van der Waals surface area (Å²) in [7, 11) is 0. The van der Waals surface area contributed by atoms with Crippen LogP contribution in [-0.4, -0.2) is 29.6 Å². The summed E-state index contributed by atoms with van der Waals surface area (Å²) in [5.74, 6) is -0.0827. The first kappa shape index (κ1) is 9.70. The van der Waals surface area contributed by atoms with Crippen LogP contribution in [0.5, 0.6) is 0 Å². The van der Waals surface area contributed by atoms with Gasteiger partial charge < -0.3 is 15.2 Å². The second-order valence-electron chi connectivity index (χ2n) is 3.39. The molecule has 0 bridgehead atoms. The minimum Gasteiger partial charge on any atom is -0.354 e. The average molecular weight is 209 g/mol. The first-order valence-corrected chi connectivity index (χ1v) is 4.74. The number of rotatable bonds is 2. The van der Waals surface area contributed by atoms with E-state index in [2.05, 4.69) is 15.8 Å². The highest BCUT2D eigenvalue weighted by Crippen LogP contribution is 2.04. The Balaban J connectivity index is 1.87. The Morgan fingerprint density at radius 1 is 1.67 bits per heavy atom. The van der Waals surface area contributed by atoms with Gasteiger partial charge in [-0.25, -0.2) is 0 Å². The van der Waals surface area contributed by atoms with E-state index in [0.717, 1.165) is 0 Å². The molecule has 2 heterocycles. The van der Waals surface area contributed by atoms with Crippen LogP contribution in [0.1, 0.15) is 23.4 Å². The Morgan fingerprint density at radius 3 is 3.13 bits per heavy atom. The van der Waals surface area contributed by atoms with Crippen molar-refractivity contribution in [3.05, 3.63) is 18.0 Å². The predicted molar refractivity (Wildman–Crippen MR) is 50.0 cm³/mol. The van der Waals surface area contributed by atoms with Crippen molar-refractivity contribution < 1.29 is 14.1 Å². The van der Waals surface area contributed by atoms with Gasteiger partial charge in [0.15, 0.2) is 0 Å². The van der Waals surface area contributed by atoms with Crippen LogP contribution < -0.4 is 10.6 Å². The molecule has 1 aromatic heterocycles. The molecule has 1 fully saturated rings. The lowest BCUT2D eigenvalue weighted by Crippen LogP contribution is -2.47. The zero-order chi connectivity index (χ0) is 10.7. The summed E-state index contributed by atoms with van der Waals surface area (Å²) in [5, 5.41) is 8.88. The lowest BCUT2D eigenvalue weighted by Gasteiger charge is -2.22. The molecule has 0 aliphatic carbocycles. The summed E-state index contributed by atoms with van der Waals surface area (Å²) >= 11 is 0. The molecule has 0 saturated carbocycles. The fourth-order valence-corrected chi connectivity index (χ4v) is 1.45. The number of hydrogen-bond donors (Lipinski definition) is 2. The number of hydrogen-bond acceptors (Lipinski definition) is 4. The summed E-state index contributed by atoms with van der Waals surface area (Å²) in [4.78, 5) is 22.4. The summed E-state index contributed by atoms with van der Waals surface area (Å²) in [6.07, 6.45) is 2.52. The van der Waals surface area contributed by atoms with Gasteiger partial charge in [0.2, 0.25) is 11.7 Å². The van der Waals surface area contributed by atoms with Crippen LogP contribution >= 0.6 is 0 Å². The Labute approximate surface area is 86.0 Å². The van der Waals surface area contributed by atoms with Crippen LogP contribution in [0, 0.1) is 0 Å². The quantitative estimate of drug-likeness (QED) is 0.699. The third kappa shape index (κ3) is 2.34. The van der Waals surface area contributed by atoms with Gasteiger partial charge in [-0.2, -0.15) is 0 Å². The Morgan fingerprint density at radius 2 is 2.53 bits per heavy atom. The number of piperidine rings is 1. The van der Waals surface area contributed by atoms with Crippen molar-refractivity contribution in [3.63, 3.8) is 0 Å². The van der Waals surface area contributed by atoms with Gasteiger partial charge in [0.1, 0.15) is 0 Å². The van der Waals surface area contributed by atoms with Crippen molar-refractivity contribution in [2.45, 2.75) is 18.9 Å². The molecule has 6 heteroatoms. The number of amides is 2. The molecule has 2 rings (SSSR count). The molecule has 80 valence electrons. The molecule has 6 nitrogen and oxygen atoms in total. The lowest BCUT2D eigenvalue weighted by molar-refractivity contribution is -0.122. The third-order valence-electron chi connectivity index (χ3n) is 2.26. The summed E-state index contributed by atoms with van der Waals surface area (Å²) < 4.78 is 4.71. The SMILES string of the molecule is O=C1CCC(NC(=O)c2ccno2)CN1. The van der Waals surface area contributed by atoms with E-state index < -0.39 is 0 Å². The van der Waals surface area contributed by atoms with Gasteiger partial charge >= 0.3 is 0 Å². The highest BCUT2D eigenvalue weighted by molar-refractivity contribution is 5.91.